The Labute approximate surface area is 507 Å². The van der Waals surface area contributed by atoms with Gasteiger partial charge in [-0.25, -0.2) is 0 Å². The van der Waals surface area contributed by atoms with E-state index in [1.807, 2.05) is 0 Å². The Bertz CT molecular complexity index is 2310. The summed E-state index contributed by atoms with van der Waals surface area (Å²) >= 11 is 1.58. The van der Waals surface area contributed by atoms with Gasteiger partial charge in [0.05, 0.1) is 25.4 Å². The molecule has 3 saturated heterocycles. The lowest BCUT2D eigenvalue weighted by atomic mass is 9.97. The highest BCUT2D eigenvalue weighted by molar-refractivity contribution is 7.99. The van der Waals surface area contributed by atoms with Crippen molar-refractivity contribution >= 4 is 35.5 Å². The Morgan fingerprint density at radius 3 is 1.20 bits per heavy atom. The summed E-state index contributed by atoms with van der Waals surface area (Å²) in [6.07, 6.45) is -50.9. The Hall–Kier alpha value is -4.04. The van der Waals surface area contributed by atoms with Gasteiger partial charge in [0.2, 0.25) is 25.2 Å². The van der Waals surface area contributed by atoms with E-state index in [4.69, 9.17) is 58.8 Å². The third-order valence-electron chi connectivity index (χ3n) is 13.6. The van der Waals surface area contributed by atoms with Gasteiger partial charge >= 0.3 is 11.9 Å². The highest BCUT2D eigenvalue weighted by Gasteiger charge is 2.53. The zero-order valence-electron chi connectivity index (χ0n) is 46.4. The Morgan fingerprint density at radius 2 is 0.784 bits per heavy atom. The lowest BCUT2D eigenvalue weighted by Crippen LogP contribution is -2.64. The number of aliphatic hydroxyl groups is 22. The van der Waals surface area contributed by atoms with E-state index in [1.165, 1.54) is 0 Å². The first kappa shape index (κ1) is 76.4. The number of aliphatic carboxylic acids is 2. The fourth-order valence-electron chi connectivity index (χ4n) is 8.79. The molecule has 0 saturated carbocycles. The second kappa shape index (κ2) is 36.3. The lowest BCUT2D eigenvalue weighted by molar-refractivity contribution is -0.366. The zero-order chi connectivity index (χ0) is 66.0. The number of ether oxygens (including phenoxy) is 10. The SMILES string of the molecule is N[C@H](CSCC[C@H]1O[C@H](O)/C(O)=C(\O)[C@@H](CCO)O[C@H](O)/C(O)=C(\O)[C@@H](CCO)O[C@H]2OC(CSC[C@@H](N)C(=O)O)[C@@H](O[C@@H]3C[C@@H](O)[C@H](O[C@H]4OC(CO)[C@@H](O[C@@H](O)/C(O)=C(\O)[C@@H](CCO)O[C@H](O)/C(O)=C/1O)C(O)C4O)C(CO)O3)[C@H](O)C2O)C(=O)O. The maximum Gasteiger partial charge on any atom is 0.321 e. The monoisotopic (exact) mass is 1320 g/mol. The van der Waals surface area contributed by atoms with Crippen LogP contribution in [0.25, 0.3) is 0 Å². The van der Waals surface area contributed by atoms with Crippen LogP contribution in [-0.4, -0.2) is 338 Å². The predicted molar refractivity (Wildman–Crippen MR) is 288 cm³/mol. The van der Waals surface area contributed by atoms with Crippen LogP contribution in [0, 0.1) is 0 Å². The number of rotatable bonds is 19. The van der Waals surface area contributed by atoms with E-state index in [0.717, 1.165) is 23.5 Å². The van der Waals surface area contributed by atoms with Gasteiger partial charge in [-0.3, -0.25) is 9.59 Å². The largest absolute Gasteiger partial charge is 0.506 e. The molecule has 40 heteroatoms. The van der Waals surface area contributed by atoms with Gasteiger partial charge in [-0.05, 0) is 12.2 Å². The number of nitrogens with two attached hydrogens (primary N) is 2. The quantitative estimate of drug-likeness (QED) is 0.0534. The van der Waals surface area contributed by atoms with Gasteiger partial charge in [0.25, 0.3) is 0 Å². The molecule has 0 spiro atoms. The smallest absolute Gasteiger partial charge is 0.321 e. The van der Waals surface area contributed by atoms with Gasteiger partial charge in [-0.1, -0.05) is 0 Å². The van der Waals surface area contributed by atoms with Crippen LogP contribution in [0.15, 0.2) is 46.1 Å². The number of hydrogen-bond donors (Lipinski definition) is 26. The Kier molecular flexibility index (Phi) is 31.5. The first-order chi connectivity index (χ1) is 41.5. The summed E-state index contributed by atoms with van der Waals surface area (Å²) in [7, 11) is 0. The first-order valence-corrected chi connectivity index (χ1v) is 29.1. The van der Waals surface area contributed by atoms with Crippen molar-refractivity contribution in [1.29, 1.82) is 0 Å². The molecule has 0 aromatic carbocycles. The number of carboxylic acids is 2. The molecule has 88 heavy (non-hydrogen) atoms. The van der Waals surface area contributed by atoms with E-state index < -0.39 is 271 Å². The maximum absolute atomic E-state index is 11.6. The fourth-order valence-corrected chi connectivity index (χ4v) is 10.8. The number of carboxylic acid groups (broad SMARTS) is 2. The summed E-state index contributed by atoms with van der Waals surface area (Å²) in [5.41, 5.74) is 11.2. The summed E-state index contributed by atoms with van der Waals surface area (Å²) in [5.74, 6) is -16.6. The highest BCUT2D eigenvalue weighted by atomic mass is 32.2. The van der Waals surface area contributed by atoms with Gasteiger partial charge in [-0.15, -0.1) is 0 Å². The standard InChI is InChI=1S/C48H80N2O36S2/c49-15(41(69)70)12-87-8-4-21-29(60)34(65)44(74)79-19(2-6-52)27(58)35(66)46(76)85-39-23(11-55)82-48(37(68)30(39)61)86-38-17(56)9-25(77-22(38)10-54)84-40-24(14-88-13-16(50)42(71)72)83-47(36(67)31(40)62)81-20(3-7-53)28(59)33(64)43(73)78-18(1-5-51)26(57)32(63)45(75)80-21/h15-25,30-31,36-40,43-48,51-68,73-76H,1-14,49-50H2,(H,69,70)(H,71,72)/b32-26+,33-28+,34-29+,35-27+/t15-,16-,17-,18-,19-,20-,21-,22?,23?,24?,25-,30?,31-,36?,37?,38+,39-,40-,43+,44+,45+,46-,47+,48-/m1/s1. The number of thioether (sulfide) groups is 2. The molecule has 24 atom stereocenters. The molecule has 0 radical (unpaired) electrons. The Balaban J connectivity index is 1.84. The third-order valence-corrected chi connectivity index (χ3v) is 15.9. The molecule has 3 fully saturated rings. The van der Waals surface area contributed by atoms with Crippen LogP contribution < -0.4 is 11.5 Å². The number of fused-ring (bicyclic) bond motifs is 3. The topological polar surface area (TPSA) is 664 Å². The van der Waals surface area contributed by atoms with Crippen molar-refractivity contribution in [2.24, 2.45) is 11.5 Å². The molecule has 6 bridgehead atoms. The maximum atomic E-state index is 11.6. The molecule has 7 aliphatic rings. The second-order valence-electron chi connectivity index (χ2n) is 19.9. The average Bonchev–Trinajstić information content (AvgIpc) is 2.39. The Morgan fingerprint density at radius 1 is 0.420 bits per heavy atom. The lowest BCUT2D eigenvalue weighted by Gasteiger charge is -2.47. The van der Waals surface area contributed by atoms with Crippen LogP contribution in [0.3, 0.4) is 0 Å². The number of aliphatic hydroxyl groups excluding tert-OH is 22. The molecule has 0 aliphatic carbocycles. The molecule has 7 heterocycles. The molecule has 7 rings (SSSR count). The van der Waals surface area contributed by atoms with Crippen LogP contribution in [0.2, 0.25) is 0 Å². The summed E-state index contributed by atoms with van der Waals surface area (Å²) in [4.78, 5) is 22.9. The van der Waals surface area contributed by atoms with Crippen molar-refractivity contribution in [3.63, 3.8) is 0 Å². The normalized spacial score (nSPS) is 41.0. The minimum Gasteiger partial charge on any atom is -0.506 e. The van der Waals surface area contributed by atoms with E-state index in [9.17, 15) is 132 Å². The molecule has 38 nitrogen and oxygen atoms in total. The minimum atomic E-state index is -2.87. The fraction of sp³-hybridized carbons (Fsp3) is 0.792. The van der Waals surface area contributed by atoms with Crippen molar-refractivity contribution in [3.8, 4) is 0 Å². The van der Waals surface area contributed by atoms with Crippen molar-refractivity contribution in [3.05, 3.63) is 46.1 Å². The average molecular weight is 1330 g/mol. The van der Waals surface area contributed by atoms with Crippen LogP contribution in [0.1, 0.15) is 32.1 Å². The van der Waals surface area contributed by atoms with Gasteiger partial charge in [0.1, 0.15) is 91.4 Å². The minimum absolute atomic E-state index is 0.305. The van der Waals surface area contributed by atoms with Crippen molar-refractivity contribution < 1.29 is 180 Å². The van der Waals surface area contributed by atoms with E-state index in [0.29, 0.717) is 0 Å². The van der Waals surface area contributed by atoms with E-state index in [2.05, 4.69) is 0 Å². The summed E-state index contributed by atoms with van der Waals surface area (Å²) in [6, 6.07) is -2.92. The van der Waals surface area contributed by atoms with Crippen LogP contribution in [-0.2, 0) is 57.0 Å². The van der Waals surface area contributed by atoms with Gasteiger partial charge in [0.15, 0.2) is 64.9 Å². The molecule has 510 valence electrons. The van der Waals surface area contributed by atoms with E-state index in [1.54, 1.807) is 0 Å². The molecule has 7 aliphatic heterocycles. The number of hydrogen-bond acceptors (Lipinski definition) is 38. The molecule has 0 amide bonds. The van der Waals surface area contributed by atoms with Crippen molar-refractivity contribution in [2.45, 2.75) is 180 Å². The second-order valence-corrected chi connectivity index (χ2v) is 22.2. The molecule has 0 aromatic rings. The van der Waals surface area contributed by atoms with Crippen molar-refractivity contribution in [1.82, 2.24) is 0 Å². The van der Waals surface area contributed by atoms with Gasteiger partial charge in [0, 0.05) is 62.8 Å². The molecular formula is C48H80N2O36S2. The zero-order valence-corrected chi connectivity index (χ0v) is 48.0. The predicted octanol–water partition coefficient (Wildman–Crippen LogP) is -7.54. The van der Waals surface area contributed by atoms with E-state index in [-0.39, 0.29) is 23.0 Å². The summed E-state index contributed by atoms with van der Waals surface area (Å²) in [5, 5.41) is 258. The molecule has 0 aromatic heterocycles. The van der Waals surface area contributed by atoms with Crippen LogP contribution >= 0.6 is 23.5 Å². The van der Waals surface area contributed by atoms with Crippen molar-refractivity contribution in [2.75, 3.05) is 56.0 Å². The number of carbonyl (C=O) groups is 2. The third kappa shape index (κ3) is 20.5. The van der Waals surface area contributed by atoms with Crippen LogP contribution in [0.4, 0.5) is 0 Å². The van der Waals surface area contributed by atoms with Crippen LogP contribution in [0.5, 0.6) is 0 Å². The molecular weight excluding hydrogens is 1240 g/mol. The summed E-state index contributed by atoms with van der Waals surface area (Å²) < 4.78 is 55.7. The molecule has 28 N–H and O–H groups in total. The summed E-state index contributed by atoms with van der Waals surface area (Å²) in [6.45, 7) is -5.02. The molecule has 6 unspecified atom stereocenters. The van der Waals surface area contributed by atoms with E-state index >= 15 is 0 Å². The van der Waals surface area contributed by atoms with Gasteiger partial charge < -0.3 is 181 Å². The first-order valence-electron chi connectivity index (χ1n) is 26.8. The highest BCUT2D eigenvalue weighted by Crippen LogP contribution is 2.36. The van der Waals surface area contributed by atoms with Gasteiger partial charge in [-0.2, -0.15) is 23.5 Å².